The Morgan fingerprint density at radius 3 is 2.65 bits per heavy atom. The molecule has 0 spiro atoms. The minimum Gasteiger partial charge on any atom is -0.481 e. The van der Waals surface area contributed by atoms with E-state index in [-0.39, 0.29) is 5.92 Å². The summed E-state index contributed by atoms with van der Waals surface area (Å²) < 4.78 is 0. The lowest BCUT2D eigenvalue weighted by Crippen LogP contribution is -2.36. The number of aromatic nitrogens is 1. The average Bonchev–Trinajstić information content (AvgIpc) is 2.39. The molecule has 1 N–H and O–H groups in total. The van der Waals surface area contributed by atoms with Crippen LogP contribution in [0.4, 0.5) is 5.69 Å². The Hall–Kier alpha value is -1.58. The highest BCUT2D eigenvalue weighted by atomic mass is 16.4. The van der Waals surface area contributed by atoms with Gasteiger partial charge in [-0.25, -0.2) is 0 Å². The summed E-state index contributed by atoms with van der Waals surface area (Å²) in [5, 5.41) is 8.96. The predicted octanol–water partition coefficient (Wildman–Crippen LogP) is 2.16. The van der Waals surface area contributed by atoms with E-state index in [0.717, 1.165) is 31.4 Å². The number of pyridine rings is 1. The van der Waals surface area contributed by atoms with Crippen molar-refractivity contribution < 1.29 is 9.90 Å². The van der Waals surface area contributed by atoms with Crippen LogP contribution < -0.4 is 4.90 Å². The topological polar surface area (TPSA) is 53.4 Å². The summed E-state index contributed by atoms with van der Waals surface area (Å²) in [6.45, 7) is 0. The van der Waals surface area contributed by atoms with Crippen molar-refractivity contribution in [2.24, 2.45) is 5.92 Å². The lowest BCUT2D eigenvalue weighted by atomic mass is 9.85. The van der Waals surface area contributed by atoms with Crippen molar-refractivity contribution in [2.75, 3.05) is 11.9 Å². The third kappa shape index (κ3) is 2.75. The van der Waals surface area contributed by atoms with Gasteiger partial charge in [0.25, 0.3) is 0 Å². The minimum atomic E-state index is -0.646. The van der Waals surface area contributed by atoms with Gasteiger partial charge in [0.05, 0.1) is 17.8 Å². The second-order valence-electron chi connectivity index (χ2n) is 4.67. The fraction of sp³-hybridized carbons (Fsp3) is 0.538. The van der Waals surface area contributed by atoms with Crippen molar-refractivity contribution >= 4 is 11.7 Å². The summed E-state index contributed by atoms with van der Waals surface area (Å²) in [4.78, 5) is 17.2. The van der Waals surface area contributed by atoms with Gasteiger partial charge in [0.2, 0.25) is 0 Å². The van der Waals surface area contributed by atoms with Gasteiger partial charge in [-0.3, -0.25) is 9.78 Å². The number of carbonyl (C=O) groups is 1. The monoisotopic (exact) mass is 234 g/mol. The molecule has 1 heterocycles. The molecule has 1 aromatic rings. The van der Waals surface area contributed by atoms with Crippen molar-refractivity contribution in [1.29, 1.82) is 0 Å². The molecule has 0 atom stereocenters. The van der Waals surface area contributed by atoms with Crippen LogP contribution in [0.3, 0.4) is 0 Å². The van der Waals surface area contributed by atoms with E-state index in [1.807, 2.05) is 18.3 Å². The molecule has 0 amide bonds. The Morgan fingerprint density at radius 2 is 2.12 bits per heavy atom. The number of nitrogens with zero attached hydrogens (tertiary/aromatic N) is 2. The second kappa shape index (κ2) is 5.17. The third-order valence-corrected chi connectivity index (χ3v) is 3.65. The Balaban J connectivity index is 1.95. The van der Waals surface area contributed by atoms with Gasteiger partial charge in [-0.2, -0.15) is 0 Å². The fourth-order valence-corrected chi connectivity index (χ4v) is 2.48. The van der Waals surface area contributed by atoms with Crippen LogP contribution in [0.2, 0.25) is 0 Å². The highest BCUT2D eigenvalue weighted by Crippen LogP contribution is 2.29. The number of carboxylic acids is 1. The van der Waals surface area contributed by atoms with Crippen LogP contribution in [-0.4, -0.2) is 29.1 Å². The molecular formula is C13H18N2O2. The number of rotatable bonds is 3. The van der Waals surface area contributed by atoms with Crippen molar-refractivity contribution in [3.05, 3.63) is 24.5 Å². The van der Waals surface area contributed by atoms with Gasteiger partial charge in [0.15, 0.2) is 0 Å². The molecule has 4 nitrogen and oxygen atoms in total. The molecule has 1 aromatic heterocycles. The van der Waals surface area contributed by atoms with E-state index in [0.29, 0.717) is 6.04 Å². The molecule has 4 heteroatoms. The molecule has 92 valence electrons. The van der Waals surface area contributed by atoms with Gasteiger partial charge in [-0.15, -0.1) is 0 Å². The zero-order valence-corrected chi connectivity index (χ0v) is 10.0. The summed E-state index contributed by atoms with van der Waals surface area (Å²) in [6, 6.07) is 4.40. The summed E-state index contributed by atoms with van der Waals surface area (Å²) in [7, 11) is 2.06. The number of carboxylic acid groups (broad SMARTS) is 1. The van der Waals surface area contributed by atoms with Crippen LogP contribution in [0.5, 0.6) is 0 Å². The van der Waals surface area contributed by atoms with E-state index >= 15 is 0 Å². The minimum absolute atomic E-state index is 0.145. The molecule has 2 rings (SSSR count). The van der Waals surface area contributed by atoms with Gasteiger partial charge >= 0.3 is 5.97 Å². The molecule has 0 unspecified atom stereocenters. The van der Waals surface area contributed by atoms with Crippen LogP contribution in [0.1, 0.15) is 25.7 Å². The first-order valence-corrected chi connectivity index (χ1v) is 6.04. The van der Waals surface area contributed by atoms with Gasteiger partial charge in [-0.1, -0.05) is 0 Å². The molecule has 1 fully saturated rings. The van der Waals surface area contributed by atoms with E-state index in [9.17, 15) is 4.79 Å². The van der Waals surface area contributed by atoms with Crippen LogP contribution >= 0.6 is 0 Å². The summed E-state index contributed by atoms with van der Waals surface area (Å²) in [5.74, 6) is -0.791. The number of hydrogen-bond donors (Lipinski definition) is 1. The van der Waals surface area contributed by atoms with Gasteiger partial charge in [0, 0.05) is 19.3 Å². The standard InChI is InChI=1S/C13H18N2O2/c1-15(12-3-2-8-14-9-12)11-6-4-10(5-7-11)13(16)17/h2-3,8-11H,4-7H2,1H3,(H,16,17). The molecule has 17 heavy (non-hydrogen) atoms. The molecule has 1 aliphatic carbocycles. The first kappa shape index (κ1) is 11.9. The molecule has 0 bridgehead atoms. The maximum absolute atomic E-state index is 10.9. The number of anilines is 1. The first-order chi connectivity index (χ1) is 8.18. The second-order valence-corrected chi connectivity index (χ2v) is 4.67. The molecule has 0 aromatic carbocycles. The van der Waals surface area contributed by atoms with Crippen molar-refractivity contribution in [3.8, 4) is 0 Å². The van der Waals surface area contributed by atoms with Crippen molar-refractivity contribution in [3.63, 3.8) is 0 Å². The van der Waals surface area contributed by atoms with Gasteiger partial charge in [0.1, 0.15) is 0 Å². The number of hydrogen-bond acceptors (Lipinski definition) is 3. The zero-order valence-electron chi connectivity index (χ0n) is 10.0. The van der Waals surface area contributed by atoms with Crippen molar-refractivity contribution in [2.45, 2.75) is 31.7 Å². The largest absolute Gasteiger partial charge is 0.481 e. The summed E-state index contributed by atoms with van der Waals surface area (Å²) >= 11 is 0. The van der Waals surface area contributed by atoms with Crippen molar-refractivity contribution in [1.82, 2.24) is 4.98 Å². The Bertz CT molecular complexity index is 372. The van der Waals surface area contributed by atoms with E-state index in [1.54, 1.807) is 6.20 Å². The first-order valence-electron chi connectivity index (χ1n) is 6.04. The normalized spacial score (nSPS) is 24.3. The van der Waals surface area contributed by atoms with E-state index in [2.05, 4.69) is 16.9 Å². The molecule has 0 aliphatic heterocycles. The van der Waals surface area contributed by atoms with Crippen LogP contribution in [0.15, 0.2) is 24.5 Å². The van der Waals surface area contributed by atoms with Crippen LogP contribution in [0.25, 0.3) is 0 Å². The summed E-state index contributed by atoms with van der Waals surface area (Å²) in [6.07, 6.45) is 7.07. The van der Waals surface area contributed by atoms with Gasteiger partial charge in [-0.05, 0) is 37.8 Å². The summed E-state index contributed by atoms with van der Waals surface area (Å²) in [5.41, 5.74) is 1.10. The van der Waals surface area contributed by atoms with E-state index in [1.165, 1.54) is 0 Å². The van der Waals surface area contributed by atoms with Crippen LogP contribution in [0, 0.1) is 5.92 Å². The van der Waals surface area contributed by atoms with E-state index in [4.69, 9.17) is 5.11 Å². The molecule has 1 aliphatic rings. The lowest BCUT2D eigenvalue weighted by Gasteiger charge is -2.34. The smallest absolute Gasteiger partial charge is 0.306 e. The maximum atomic E-state index is 10.9. The Labute approximate surface area is 101 Å². The highest BCUT2D eigenvalue weighted by Gasteiger charge is 2.27. The molecular weight excluding hydrogens is 216 g/mol. The SMILES string of the molecule is CN(c1cccnc1)C1CCC(C(=O)O)CC1. The van der Waals surface area contributed by atoms with Gasteiger partial charge < -0.3 is 10.0 Å². The fourth-order valence-electron chi connectivity index (χ4n) is 2.48. The quantitative estimate of drug-likeness (QED) is 0.870. The Morgan fingerprint density at radius 1 is 1.41 bits per heavy atom. The molecule has 1 saturated carbocycles. The number of aliphatic carboxylic acids is 1. The van der Waals surface area contributed by atoms with E-state index < -0.39 is 5.97 Å². The third-order valence-electron chi connectivity index (χ3n) is 3.65. The lowest BCUT2D eigenvalue weighted by molar-refractivity contribution is -0.142. The highest BCUT2D eigenvalue weighted by molar-refractivity contribution is 5.70. The molecule has 0 saturated heterocycles. The zero-order chi connectivity index (χ0) is 12.3. The maximum Gasteiger partial charge on any atom is 0.306 e. The Kier molecular flexibility index (Phi) is 3.61. The average molecular weight is 234 g/mol. The predicted molar refractivity (Wildman–Crippen MR) is 66.0 cm³/mol. The van der Waals surface area contributed by atoms with Crippen LogP contribution in [-0.2, 0) is 4.79 Å². The molecule has 0 radical (unpaired) electrons.